The first kappa shape index (κ1) is 10.9. The van der Waals surface area contributed by atoms with Crippen molar-refractivity contribution in [1.82, 2.24) is 4.90 Å². The van der Waals surface area contributed by atoms with Crippen LogP contribution < -0.4 is 5.73 Å². The Morgan fingerprint density at radius 2 is 2.00 bits per heavy atom. The Labute approximate surface area is 101 Å². The molecule has 3 rings (SSSR count). The van der Waals surface area contributed by atoms with Gasteiger partial charge in [0.25, 0.3) is 5.91 Å². The van der Waals surface area contributed by atoms with Crippen molar-refractivity contribution in [2.24, 2.45) is 5.73 Å². The number of fused-ring (bicyclic) bond motifs is 2. The van der Waals surface area contributed by atoms with Crippen molar-refractivity contribution in [3.63, 3.8) is 0 Å². The lowest BCUT2D eigenvalue weighted by Crippen LogP contribution is -2.51. The monoisotopic (exact) mass is 238 g/mol. The first-order chi connectivity index (χ1) is 8.25. The van der Waals surface area contributed by atoms with Gasteiger partial charge in [-0.2, -0.15) is 0 Å². The Balaban J connectivity index is 1.76. The quantitative estimate of drug-likeness (QED) is 0.716. The number of nitrogens with two attached hydrogens (primary N) is 1. The van der Waals surface area contributed by atoms with Crippen molar-refractivity contribution in [1.29, 1.82) is 0 Å². The number of rotatable bonds is 1. The summed E-state index contributed by atoms with van der Waals surface area (Å²) in [6.45, 7) is 0.981. The van der Waals surface area contributed by atoms with Crippen LogP contribution in [0, 0.1) is 0 Å². The van der Waals surface area contributed by atoms with E-state index in [1.165, 1.54) is 6.26 Å². The third kappa shape index (κ3) is 1.88. The normalized spacial score (nSPS) is 35.9. The van der Waals surface area contributed by atoms with Gasteiger partial charge in [0.15, 0.2) is 0 Å². The van der Waals surface area contributed by atoms with Gasteiger partial charge in [-0.15, -0.1) is 0 Å². The summed E-state index contributed by atoms with van der Waals surface area (Å²) in [6, 6.07) is 0.833. The molecule has 0 aromatic carbocycles. The highest BCUT2D eigenvalue weighted by molar-refractivity contribution is 5.92. The molecule has 0 aromatic rings. The predicted molar refractivity (Wildman–Crippen MR) is 60.9 cm³/mol. The second kappa shape index (κ2) is 4.22. The maximum absolute atomic E-state index is 12.3. The number of carbonyl (C=O) groups excluding carboxylic acids is 1. The van der Waals surface area contributed by atoms with E-state index in [4.69, 9.17) is 15.2 Å². The number of piperidine rings is 1. The molecular formula is C12H18N2O3. The molecule has 17 heavy (non-hydrogen) atoms. The van der Waals surface area contributed by atoms with Gasteiger partial charge in [-0.3, -0.25) is 4.79 Å². The van der Waals surface area contributed by atoms with E-state index < -0.39 is 0 Å². The Kier molecular flexibility index (Phi) is 2.70. The average molecular weight is 238 g/mol. The van der Waals surface area contributed by atoms with E-state index in [1.807, 2.05) is 4.90 Å². The molecule has 94 valence electrons. The number of amides is 1. The van der Waals surface area contributed by atoms with Crippen LogP contribution in [0.15, 0.2) is 12.0 Å². The maximum atomic E-state index is 12.3. The number of nitrogens with zero attached hydrogens (tertiary/aromatic N) is 1. The summed E-state index contributed by atoms with van der Waals surface area (Å²) in [7, 11) is 0. The molecule has 2 saturated heterocycles. The molecule has 2 N–H and O–H groups in total. The number of hydrogen-bond acceptors (Lipinski definition) is 4. The van der Waals surface area contributed by atoms with E-state index >= 15 is 0 Å². The summed E-state index contributed by atoms with van der Waals surface area (Å²) in [5.74, 6) is 0.327. The summed E-state index contributed by atoms with van der Waals surface area (Å²) in [6.07, 6.45) is 5.41. The molecule has 2 bridgehead atoms. The maximum Gasteiger partial charge on any atom is 0.292 e. The topological polar surface area (TPSA) is 64.8 Å². The lowest BCUT2D eigenvalue weighted by molar-refractivity contribution is -0.136. The van der Waals surface area contributed by atoms with Gasteiger partial charge in [-0.1, -0.05) is 0 Å². The van der Waals surface area contributed by atoms with Gasteiger partial charge in [0.05, 0.1) is 0 Å². The fourth-order valence-corrected chi connectivity index (χ4v) is 3.16. The second-order valence-corrected chi connectivity index (χ2v) is 5.03. The molecule has 3 aliphatic heterocycles. The Morgan fingerprint density at radius 3 is 2.59 bits per heavy atom. The summed E-state index contributed by atoms with van der Waals surface area (Å²) in [4.78, 5) is 14.3. The van der Waals surface area contributed by atoms with Crippen molar-refractivity contribution in [2.45, 2.75) is 43.8 Å². The van der Waals surface area contributed by atoms with E-state index in [1.54, 1.807) is 0 Å². The molecule has 3 aliphatic rings. The average Bonchev–Trinajstić information content (AvgIpc) is 2.62. The Hall–Kier alpha value is -1.23. The highest BCUT2D eigenvalue weighted by Crippen LogP contribution is 2.36. The number of ether oxygens (including phenoxy) is 2. The predicted octanol–water partition coefficient (Wildman–Crippen LogP) is 0.355. The van der Waals surface area contributed by atoms with Crippen LogP contribution in [-0.2, 0) is 14.3 Å². The highest BCUT2D eigenvalue weighted by Gasteiger charge is 2.43. The van der Waals surface area contributed by atoms with E-state index in [2.05, 4.69) is 0 Å². The fraction of sp³-hybridized carbons (Fsp3) is 0.750. The van der Waals surface area contributed by atoms with Gasteiger partial charge in [0.2, 0.25) is 5.76 Å². The van der Waals surface area contributed by atoms with Crippen LogP contribution in [0.5, 0.6) is 0 Å². The van der Waals surface area contributed by atoms with Gasteiger partial charge in [-0.25, -0.2) is 0 Å². The van der Waals surface area contributed by atoms with Crippen LogP contribution >= 0.6 is 0 Å². The van der Waals surface area contributed by atoms with Crippen LogP contribution in [0.3, 0.4) is 0 Å². The minimum absolute atomic E-state index is 0.0240. The summed E-state index contributed by atoms with van der Waals surface area (Å²) >= 11 is 0. The Bertz CT molecular complexity index is 342. The third-order valence-electron chi connectivity index (χ3n) is 3.86. The lowest BCUT2D eigenvalue weighted by Gasteiger charge is -2.38. The molecule has 0 aliphatic carbocycles. The van der Waals surface area contributed by atoms with Crippen LogP contribution in [0.1, 0.15) is 25.7 Å². The molecule has 2 fully saturated rings. The lowest BCUT2D eigenvalue weighted by atomic mass is 9.98. The zero-order chi connectivity index (χ0) is 11.8. The summed E-state index contributed by atoms with van der Waals surface area (Å²) in [5, 5.41) is 0. The molecule has 2 unspecified atom stereocenters. The van der Waals surface area contributed by atoms with Crippen molar-refractivity contribution in [3.8, 4) is 0 Å². The van der Waals surface area contributed by atoms with Gasteiger partial charge in [-0.05, 0) is 25.7 Å². The molecule has 0 radical (unpaired) electrons. The molecule has 3 heterocycles. The first-order valence-corrected chi connectivity index (χ1v) is 6.28. The zero-order valence-corrected chi connectivity index (χ0v) is 9.80. The van der Waals surface area contributed by atoms with Crippen molar-refractivity contribution in [2.75, 3.05) is 13.2 Å². The largest absolute Gasteiger partial charge is 0.494 e. The Morgan fingerprint density at radius 1 is 1.29 bits per heavy atom. The molecule has 1 amide bonds. The van der Waals surface area contributed by atoms with Crippen molar-refractivity contribution < 1.29 is 14.3 Å². The standard InChI is InChI=1S/C12H18N2O3/c13-8-5-9-1-2-10(6-8)14(9)12(15)11-7-16-3-4-17-11/h7-10H,1-6,13H2. The number of carbonyl (C=O) groups is 1. The second-order valence-electron chi connectivity index (χ2n) is 5.03. The van der Waals surface area contributed by atoms with Gasteiger partial charge in [0, 0.05) is 18.1 Å². The molecule has 5 heteroatoms. The van der Waals surface area contributed by atoms with Crippen LogP contribution in [0.4, 0.5) is 0 Å². The molecule has 0 aromatic heterocycles. The fourth-order valence-electron chi connectivity index (χ4n) is 3.16. The van der Waals surface area contributed by atoms with Gasteiger partial charge >= 0.3 is 0 Å². The van der Waals surface area contributed by atoms with Crippen LogP contribution in [0.2, 0.25) is 0 Å². The molecule has 5 nitrogen and oxygen atoms in total. The van der Waals surface area contributed by atoms with Gasteiger partial charge < -0.3 is 20.1 Å². The van der Waals surface area contributed by atoms with Crippen LogP contribution in [-0.4, -0.2) is 42.1 Å². The minimum Gasteiger partial charge on any atom is -0.494 e. The third-order valence-corrected chi connectivity index (χ3v) is 3.86. The van der Waals surface area contributed by atoms with E-state index in [9.17, 15) is 4.79 Å². The van der Waals surface area contributed by atoms with Crippen molar-refractivity contribution >= 4 is 5.91 Å². The summed E-state index contributed by atoms with van der Waals surface area (Å²) < 4.78 is 10.5. The van der Waals surface area contributed by atoms with Gasteiger partial charge in [0.1, 0.15) is 19.5 Å². The molecular weight excluding hydrogens is 220 g/mol. The van der Waals surface area contributed by atoms with E-state index in [0.717, 1.165) is 25.7 Å². The van der Waals surface area contributed by atoms with Crippen molar-refractivity contribution in [3.05, 3.63) is 12.0 Å². The van der Waals surface area contributed by atoms with E-state index in [-0.39, 0.29) is 11.9 Å². The van der Waals surface area contributed by atoms with E-state index in [0.29, 0.717) is 31.1 Å². The smallest absolute Gasteiger partial charge is 0.292 e. The SMILES string of the molecule is NC1CC2CCC(C1)N2C(=O)C1=COCCO1. The zero-order valence-electron chi connectivity index (χ0n) is 9.80. The molecule has 0 saturated carbocycles. The highest BCUT2D eigenvalue weighted by atomic mass is 16.6. The van der Waals surface area contributed by atoms with Crippen LogP contribution in [0.25, 0.3) is 0 Å². The molecule has 2 atom stereocenters. The minimum atomic E-state index is -0.0240. The molecule has 0 spiro atoms. The first-order valence-electron chi connectivity index (χ1n) is 6.28. The number of hydrogen-bond donors (Lipinski definition) is 1. The summed E-state index contributed by atoms with van der Waals surface area (Å²) in [5.41, 5.74) is 5.99.